The Morgan fingerprint density at radius 1 is 1.08 bits per heavy atom. The van der Waals surface area contributed by atoms with E-state index >= 15 is 0 Å². The number of hydrogen-bond acceptors (Lipinski definition) is 5. The van der Waals surface area contributed by atoms with Crippen LogP contribution in [0.2, 0.25) is 0 Å². The molecule has 1 aromatic rings. The maximum Gasteiger partial charge on any atom is 0.321 e. The molecular weight excluding hydrogens is 356 g/mol. The average Bonchev–Trinajstić information content (AvgIpc) is 2.62. The Morgan fingerprint density at radius 2 is 1.69 bits per heavy atom. The first kappa shape index (κ1) is 20.3. The predicted octanol–water partition coefficient (Wildman–Crippen LogP) is 0.401. The molecule has 1 fully saturated rings. The van der Waals surface area contributed by atoms with Crippen molar-refractivity contribution in [1.29, 1.82) is 0 Å². The molecule has 0 aromatic heterocycles. The van der Waals surface area contributed by atoms with E-state index in [-0.39, 0.29) is 6.54 Å². The van der Waals surface area contributed by atoms with Gasteiger partial charge in [-0.25, -0.2) is 13.2 Å². The number of nitrogens with zero attached hydrogens (tertiary/aromatic N) is 2. The first-order valence-corrected chi connectivity index (χ1v) is 10.1. The third-order valence-electron chi connectivity index (χ3n) is 4.28. The zero-order valence-electron chi connectivity index (χ0n) is 15.2. The summed E-state index contributed by atoms with van der Waals surface area (Å²) in [5, 5.41) is 4.51. The van der Waals surface area contributed by atoms with Gasteiger partial charge in [0.25, 0.3) is 0 Å². The van der Waals surface area contributed by atoms with Crippen molar-refractivity contribution < 1.29 is 18.0 Å². The summed E-state index contributed by atoms with van der Waals surface area (Å²) in [5.74, 6) is -0.410. The zero-order chi connectivity index (χ0) is 19.2. The number of imide groups is 1. The molecule has 26 heavy (non-hydrogen) atoms. The van der Waals surface area contributed by atoms with Crippen molar-refractivity contribution in [3.05, 3.63) is 29.8 Å². The second-order valence-electron chi connectivity index (χ2n) is 6.20. The second-order valence-corrected chi connectivity index (χ2v) is 8.14. The number of benzene rings is 1. The summed E-state index contributed by atoms with van der Waals surface area (Å²) in [6.07, 6.45) is 1.94. The molecule has 0 bridgehead atoms. The lowest BCUT2D eigenvalue weighted by Gasteiger charge is -2.33. The molecule has 2 N–H and O–H groups in total. The lowest BCUT2D eigenvalue weighted by Crippen LogP contribution is -2.52. The number of amides is 3. The summed E-state index contributed by atoms with van der Waals surface area (Å²) in [5.41, 5.74) is 1.12. The number of hydrogen-bond donors (Lipinski definition) is 2. The normalized spacial score (nSPS) is 16.2. The topological polar surface area (TPSA) is 98.8 Å². The maximum absolute atomic E-state index is 12.7. The number of aryl methyl sites for hydroxylation is 1. The van der Waals surface area contributed by atoms with E-state index in [0.717, 1.165) is 18.4 Å². The Labute approximate surface area is 154 Å². The standard InChI is InChI=1S/C17H26N4O4S/c1-3-4-14-5-7-15(8-6-14)26(24,25)21-11-9-20(10-12-21)13-16(22)19-17(23)18-2/h5-8H,3-4,9-13H2,1-2H3,(H2,18,19,22,23). The van der Waals surface area contributed by atoms with Crippen LogP contribution in [0.3, 0.4) is 0 Å². The number of sulfonamides is 1. The van der Waals surface area contributed by atoms with E-state index in [4.69, 9.17) is 0 Å². The van der Waals surface area contributed by atoms with E-state index in [1.165, 1.54) is 11.4 Å². The van der Waals surface area contributed by atoms with Crippen LogP contribution >= 0.6 is 0 Å². The van der Waals surface area contributed by atoms with Gasteiger partial charge in [0.2, 0.25) is 15.9 Å². The molecule has 144 valence electrons. The largest absolute Gasteiger partial charge is 0.341 e. The molecule has 3 amide bonds. The second kappa shape index (κ2) is 9.11. The highest BCUT2D eigenvalue weighted by molar-refractivity contribution is 7.89. The summed E-state index contributed by atoms with van der Waals surface area (Å²) in [7, 11) is -2.10. The molecule has 0 aliphatic carbocycles. The molecule has 1 aromatic carbocycles. The number of rotatable bonds is 6. The van der Waals surface area contributed by atoms with Crippen LogP contribution in [-0.2, 0) is 21.2 Å². The van der Waals surface area contributed by atoms with Gasteiger partial charge >= 0.3 is 6.03 Å². The van der Waals surface area contributed by atoms with Crippen molar-refractivity contribution in [2.24, 2.45) is 0 Å². The van der Waals surface area contributed by atoms with Crippen LogP contribution in [0, 0.1) is 0 Å². The summed E-state index contributed by atoms with van der Waals surface area (Å²) in [4.78, 5) is 25.0. The summed E-state index contributed by atoms with van der Waals surface area (Å²) in [6.45, 7) is 3.65. The molecule has 1 saturated heterocycles. The van der Waals surface area contributed by atoms with Crippen molar-refractivity contribution in [2.45, 2.75) is 24.7 Å². The first-order chi connectivity index (χ1) is 12.4. The Balaban J connectivity index is 1.91. The molecule has 1 heterocycles. The minimum atomic E-state index is -3.53. The molecule has 0 unspecified atom stereocenters. The van der Waals surface area contributed by atoms with Gasteiger partial charge in [0.1, 0.15) is 0 Å². The lowest BCUT2D eigenvalue weighted by atomic mass is 10.1. The Morgan fingerprint density at radius 3 is 2.23 bits per heavy atom. The van der Waals surface area contributed by atoms with Crippen LogP contribution in [0.1, 0.15) is 18.9 Å². The Kier molecular flexibility index (Phi) is 7.13. The minimum absolute atomic E-state index is 0.0625. The fourth-order valence-electron chi connectivity index (χ4n) is 2.83. The van der Waals surface area contributed by atoms with Crippen LogP contribution in [-0.4, -0.2) is 69.3 Å². The molecule has 1 aliphatic heterocycles. The molecule has 8 nitrogen and oxygen atoms in total. The average molecular weight is 382 g/mol. The number of carbonyl (C=O) groups excluding carboxylic acids is 2. The van der Waals surface area contributed by atoms with Crippen LogP contribution in [0.4, 0.5) is 4.79 Å². The fourth-order valence-corrected chi connectivity index (χ4v) is 4.25. The molecule has 0 saturated carbocycles. The van der Waals surface area contributed by atoms with E-state index in [0.29, 0.717) is 31.1 Å². The van der Waals surface area contributed by atoms with Crippen molar-refractivity contribution >= 4 is 22.0 Å². The van der Waals surface area contributed by atoms with Crippen molar-refractivity contribution in [2.75, 3.05) is 39.8 Å². The van der Waals surface area contributed by atoms with E-state index in [1.54, 1.807) is 12.1 Å². The van der Waals surface area contributed by atoms with Crippen LogP contribution in [0.15, 0.2) is 29.2 Å². The van der Waals surface area contributed by atoms with Gasteiger partial charge in [-0.1, -0.05) is 25.5 Å². The van der Waals surface area contributed by atoms with Crippen LogP contribution in [0.5, 0.6) is 0 Å². The van der Waals surface area contributed by atoms with Gasteiger partial charge in [-0.2, -0.15) is 4.31 Å². The number of urea groups is 1. The number of piperazine rings is 1. The van der Waals surface area contributed by atoms with Gasteiger partial charge in [-0.05, 0) is 24.1 Å². The van der Waals surface area contributed by atoms with Crippen LogP contribution < -0.4 is 10.6 Å². The lowest BCUT2D eigenvalue weighted by molar-refractivity contribution is -0.121. The van der Waals surface area contributed by atoms with Gasteiger partial charge in [-0.15, -0.1) is 0 Å². The molecule has 9 heteroatoms. The zero-order valence-corrected chi connectivity index (χ0v) is 16.0. The monoisotopic (exact) mass is 382 g/mol. The third kappa shape index (κ3) is 5.26. The van der Waals surface area contributed by atoms with Crippen molar-refractivity contribution in [3.8, 4) is 0 Å². The highest BCUT2D eigenvalue weighted by Gasteiger charge is 2.29. The number of nitrogens with one attached hydrogen (secondary N) is 2. The quantitative estimate of drug-likeness (QED) is 0.742. The highest BCUT2D eigenvalue weighted by atomic mass is 32.2. The highest BCUT2D eigenvalue weighted by Crippen LogP contribution is 2.18. The SMILES string of the molecule is CCCc1ccc(S(=O)(=O)N2CCN(CC(=O)NC(=O)NC)CC2)cc1. The van der Waals surface area contributed by atoms with Gasteiger partial charge in [-0.3, -0.25) is 15.0 Å². The summed E-state index contributed by atoms with van der Waals surface area (Å²) < 4.78 is 26.9. The molecule has 2 rings (SSSR count). The Bertz CT molecular complexity index is 726. The summed E-state index contributed by atoms with van der Waals surface area (Å²) in [6, 6.07) is 6.47. The smallest absolute Gasteiger partial charge is 0.321 e. The van der Waals surface area contributed by atoms with Crippen molar-refractivity contribution in [3.63, 3.8) is 0 Å². The van der Waals surface area contributed by atoms with E-state index in [2.05, 4.69) is 17.6 Å². The molecule has 0 radical (unpaired) electrons. The number of carbonyl (C=O) groups is 2. The van der Waals surface area contributed by atoms with E-state index in [1.807, 2.05) is 17.0 Å². The molecule has 0 atom stereocenters. The molecular formula is C17H26N4O4S. The first-order valence-electron chi connectivity index (χ1n) is 8.69. The predicted molar refractivity (Wildman–Crippen MR) is 98.2 cm³/mol. The van der Waals surface area contributed by atoms with Gasteiger partial charge < -0.3 is 5.32 Å². The van der Waals surface area contributed by atoms with Crippen molar-refractivity contribution in [1.82, 2.24) is 19.8 Å². The Hall–Kier alpha value is -1.97. The molecule has 0 spiro atoms. The van der Waals surface area contributed by atoms with E-state index in [9.17, 15) is 18.0 Å². The summed E-state index contributed by atoms with van der Waals surface area (Å²) >= 11 is 0. The van der Waals surface area contributed by atoms with Gasteiger partial charge in [0, 0.05) is 33.2 Å². The van der Waals surface area contributed by atoms with E-state index < -0.39 is 22.0 Å². The molecule has 1 aliphatic rings. The van der Waals surface area contributed by atoms with Gasteiger partial charge in [0.15, 0.2) is 0 Å². The minimum Gasteiger partial charge on any atom is -0.341 e. The maximum atomic E-state index is 12.7. The third-order valence-corrected chi connectivity index (χ3v) is 6.19. The van der Waals surface area contributed by atoms with Gasteiger partial charge in [0.05, 0.1) is 11.4 Å². The fraction of sp³-hybridized carbons (Fsp3) is 0.529. The van der Waals surface area contributed by atoms with Crippen LogP contribution in [0.25, 0.3) is 0 Å².